The SMILES string of the molecule is CC(C)CCNC(=O)Cn1c(=O)n(C)c(=O)c2ccccc21. The van der Waals surface area contributed by atoms with Crippen LogP contribution in [0.5, 0.6) is 0 Å². The van der Waals surface area contributed by atoms with E-state index in [4.69, 9.17) is 0 Å². The van der Waals surface area contributed by atoms with Crippen LogP contribution in [0, 0.1) is 5.92 Å². The lowest BCUT2D eigenvalue weighted by molar-refractivity contribution is -0.121. The van der Waals surface area contributed by atoms with E-state index in [1.807, 2.05) is 0 Å². The van der Waals surface area contributed by atoms with E-state index in [0.717, 1.165) is 11.0 Å². The zero-order valence-corrected chi connectivity index (χ0v) is 13.1. The number of fused-ring (bicyclic) bond motifs is 1. The average Bonchev–Trinajstić information content (AvgIpc) is 2.49. The Kier molecular flexibility index (Phi) is 4.80. The van der Waals surface area contributed by atoms with Crippen LogP contribution >= 0.6 is 0 Å². The van der Waals surface area contributed by atoms with Crippen molar-refractivity contribution in [3.05, 3.63) is 45.1 Å². The maximum Gasteiger partial charge on any atom is 0.331 e. The van der Waals surface area contributed by atoms with Gasteiger partial charge in [0.2, 0.25) is 5.91 Å². The van der Waals surface area contributed by atoms with Gasteiger partial charge in [0.1, 0.15) is 6.54 Å². The maximum atomic E-state index is 12.3. The number of benzene rings is 1. The maximum absolute atomic E-state index is 12.3. The van der Waals surface area contributed by atoms with Crippen LogP contribution in [0.2, 0.25) is 0 Å². The van der Waals surface area contributed by atoms with Gasteiger partial charge in [-0.3, -0.25) is 18.7 Å². The second-order valence-electron chi connectivity index (χ2n) is 5.78. The van der Waals surface area contributed by atoms with E-state index in [-0.39, 0.29) is 18.0 Å². The highest BCUT2D eigenvalue weighted by Crippen LogP contribution is 2.07. The Morgan fingerprint density at radius 3 is 2.59 bits per heavy atom. The molecule has 0 unspecified atom stereocenters. The van der Waals surface area contributed by atoms with E-state index >= 15 is 0 Å². The highest BCUT2D eigenvalue weighted by molar-refractivity contribution is 5.81. The second-order valence-corrected chi connectivity index (χ2v) is 5.78. The Morgan fingerprint density at radius 1 is 1.23 bits per heavy atom. The third kappa shape index (κ3) is 3.27. The Hall–Kier alpha value is -2.37. The first-order chi connectivity index (χ1) is 10.4. The number of amides is 1. The minimum Gasteiger partial charge on any atom is -0.355 e. The summed E-state index contributed by atoms with van der Waals surface area (Å²) in [6, 6.07) is 6.82. The van der Waals surface area contributed by atoms with E-state index < -0.39 is 5.69 Å². The number of nitrogens with zero attached hydrogens (tertiary/aromatic N) is 2. The molecule has 0 aliphatic heterocycles. The van der Waals surface area contributed by atoms with Crippen LogP contribution in [-0.2, 0) is 18.4 Å². The summed E-state index contributed by atoms with van der Waals surface area (Å²) >= 11 is 0. The number of hydrogen-bond acceptors (Lipinski definition) is 3. The number of rotatable bonds is 5. The Labute approximate surface area is 128 Å². The molecule has 0 aliphatic carbocycles. The molecule has 0 spiro atoms. The van der Waals surface area contributed by atoms with E-state index in [1.165, 1.54) is 11.6 Å². The van der Waals surface area contributed by atoms with E-state index in [9.17, 15) is 14.4 Å². The minimum atomic E-state index is -0.484. The van der Waals surface area contributed by atoms with Crippen LogP contribution in [-0.4, -0.2) is 21.6 Å². The summed E-state index contributed by atoms with van der Waals surface area (Å²) in [5.41, 5.74) is -0.352. The van der Waals surface area contributed by atoms with Gasteiger partial charge >= 0.3 is 5.69 Å². The van der Waals surface area contributed by atoms with Crippen molar-refractivity contribution >= 4 is 16.8 Å². The molecule has 22 heavy (non-hydrogen) atoms. The predicted molar refractivity (Wildman–Crippen MR) is 85.9 cm³/mol. The quantitative estimate of drug-likeness (QED) is 0.890. The van der Waals surface area contributed by atoms with Gasteiger partial charge in [0.25, 0.3) is 5.56 Å². The first-order valence-electron chi connectivity index (χ1n) is 7.37. The summed E-state index contributed by atoms with van der Waals surface area (Å²) in [4.78, 5) is 36.4. The lowest BCUT2D eigenvalue weighted by atomic mass is 10.1. The van der Waals surface area contributed by atoms with Crippen molar-refractivity contribution in [1.82, 2.24) is 14.5 Å². The van der Waals surface area contributed by atoms with Gasteiger partial charge in [0.15, 0.2) is 0 Å². The average molecular weight is 303 g/mol. The van der Waals surface area contributed by atoms with Crippen LogP contribution in [0.1, 0.15) is 20.3 Å². The van der Waals surface area contributed by atoms with E-state index in [0.29, 0.717) is 23.4 Å². The molecule has 0 fully saturated rings. The first-order valence-corrected chi connectivity index (χ1v) is 7.37. The van der Waals surface area contributed by atoms with Crippen molar-refractivity contribution in [2.24, 2.45) is 13.0 Å². The third-order valence-electron chi connectivity index (χ3n) is 3.59. The zero-order chi connectivity index (χ0) is 16.3. The van der Waals surface area contributed by atoms with E-state index in [2.05, 4.69) is 19.2 Å². The molecule has 2 rings (SSSR count). The number of carbonyl (C=O) groups is 1. The van der Waals surface area contributed by atoms with Crippen molar-refractivity contribution in [2.75, 3.05) is 6.54 Å². The summed E-state index contributed by atoms with van der Waals surface area (Å²) in [6.45, 7) is 4.65. The molecule has 0 saturated carbocycles. The topological polar surface area (TPSA) is 73.1 Å². The highest BCUT2D eigenvalue weighted by Gasteiger charge is 2.12. The molecule has 1 aromatic carbocycles. The molecule has 1 heterocycles. The van der Waals surface area contributed by atoms with Crippen molar-refractivity contribution in [2.45, 2.75) is 26.8 Å². The molecular weight excluding hydrogens is 282 g/mol. The highest BCUT2D eigenvalue weighted by atomic mass is 16.2. The second kappa shape index (κ2) is 6.60. The number of para-hydroxylation sites is 1. The number of aromatic nitrogens is 2. The van der Waals surface area contributed by atoms with Crippen molar-refractivity contribution in [3.63, 3.8) is 0 Å². The summed E-state index contributed by atoms with van der Waals surface area (Å²) < 4.78 is 2.37. The largest absolute Gasteiger partial charge is 0.355 e. The lowest BCUT2D eigenvalue weighted by Gasteiger charge is -2.12. The molecule has 0 atom stereocenters. The molecular formula is C16H21N3O3. The molecule has 0 radical (unpaired) electrons. The molecule has 1 amide bonds. The van der Waals surface area contributed by atoms with Gasteiger partial charge in [-0.25, -0.2) is 4.79 Å². The van der Waals surface area contributed by atoms with Crippen LogP contribution < -0.4 is 16.6 Å². The van der Waals surface area contributed by atoms with Gasteiger partial charge in [-0.05, 0) is 24.5 Å². The lowest BCUT2D eigenvalue weighted by Crippen LogP contribution is -2.41. The minimum absolute atomic E-state index is 0.0917. The summed E-state index contributed by atoms with van der Waals surface area (Å²) in [7, 11) is 1.42. The fraction of sp³-hybridized carbons (Fsp3) is 0.438. The molecule has 1 aromatic heterocycles. The summed E-state index contributed by atoms with van der Waals surface area (Å²) in [5.74, 6) is 0.271. The summed E-state index contributed by atoms with van der Waals surface area (Å²) in [6.07, 6.45) is 0.884. The van der Waals surface area contributed by atoms with Crippen LogP contribution in [0.4, 0.5) is 0 Å². The third-order valence-corrected chi connectivity index (χ3v) is 3.59. The van der Waals surface area contributed by atoms with Crippen molar-refractivity contribution < 1.29 is 4.79 Å². The molecule has 0 saturated heterocycles. The molecule has 0 bridgehead atoms. The standard InChI is InChI=1S/C16H21N3O3/c1-11(2)8-9-17-14(20)10-19-13-7-5-4-6-12(13)15(21)18(3)16(19)22/h4-7,11H,8-10H2,1-3H3,(H,17,20). The number of carbonyl (C=O) groups excluding carboxylic acids is 1. The predicted octanol–water partition coefficient (Wildman–Crippen LogP) is 0.863. The van der Waals surface area contributed by atoms with Gasteiger partial charge in [-0.15, -0.1) is 0 Å². The monoisotopic (exact) mass is 303 g/mol. The Morgan fingerprint density at radius 2 is 1.91 bits per heavy atom. The number of nitrogens with one attached hydrogen (secondary N) is 1. The van der Waals surface area contributed by atoms with Gasteiger partial charge in [-0.2, -0.15) is 0 Å². The fourth-order valence-electron chi connectivity index (χ4n) is 2.29. The molecule has 2 aromatic rings. The molecule has 6 nitrogen and oxygen atoms in total. The van der Waals surface area contributed by atoms with Crippen LogP contribution in [0.15, 0.2) is 33.9 Å². The smallest absolute Gasteiger partial charge is 0.331 e. The van der Waals surface area contributed by atoms with Gasteiger partial charge in [0, 0.05) is 13.6 Å². The Bertz CT molecular complexity index is 802. The molecule has 0 aliphatic rings. The molecule has 1 N–H and O–H groups in total. The van der Waals surface area contributed by atoms with Gasteiger partial charge in [-0.1, -0.05) is 26.0 Å². The first kappa shape index (κ1) is 16.0. The molecule has 6 heteroatoms. The summed E-state index contributed by atoms with van der Waals surface area (Å²) in [5, 5.41) is 3.23. The fourth-order valence-corrected chi connectivity index (χ4v) is 2.29. The van der Waals surface area contributed by atoms with Gasteiger partial charge in [0.05, 0.1) is 10.9 Å². The normalized spacial score (nSPS) is 11.1. The molecule has 118 valence electrons. The van der Waals surface area contributed by atoms with Gasteiger partial charge < -0.3 is 5.32 Å². The zero-order valence-electron chi connectivity index (χ0n) is 13.1. The number of hydrogen-bond donors (Lipinski definition) is 1. The van der Waals surface area contributed by atoms with Crippen LogP contribution in [0.3, 0.4) is 0 Å². The Balaban J connectivity index is 2.33. The van der Waals surface area contributed by atoms with Crippen molar-refractivity contribution in [3.8, 4) is 0 Å². The van der Waals surface area contributed by atoms with Crippen LogP contribution in [0.25, 0.3) is 10.9 Å². The van der Waals surface area contributed by atoms with E-state index in [1.54, 1.807) is 24.3 Å². The van der Waals surface area contributed by atoms with Crippen molar-refractivity contribution in [1.29, 1.82) is 0 Å².